The number of hydrogen-bond acceptors (Lipinski definition) is 6. The number of amides is 1. The fraction of sp³-hybridized carbons (Fsp3) is 0.158. The van der Waals surface area contributed by atoms with Crippen LogP contribution in [-0.2, 0) is 6.54 Å². The number of nitrogens with zero attached hydrogens (tertiary/aromatic N) is 4. The second kappa shape index (κ2) is 6.91. The van der Waals surface area contributed by atoms with Crippen LogP contribution in [0.2, 0.25) is 0 Å². The molecule has 1 amide bonds. The van der Waals surface area contributed by atoms with Gasteiger partial charge < -0.3 is 14.6 Å². The quantitative estimate of drug-likeness (QED) is 0.586. The number of carbonyl (C=O) groups is 1. The van der Waals surface area contributed by atoms with Crippen LogP contribution in [0.5, 0.6) is 5.75 Å². The van der Waals surface area contributed by atoms with Crippen molar-refractivity contribution in [3.05, 3.63) is 65.4 Å². The van der Waals surface area contributed by atoms with Crippen LogP contribution in [0.15, 0.2) is 53.1 Å². The van der Waals surface area contributed by atoms with Crippen LogP contribution in [0.3, 0.4) is 0 Å². The van der Waals surface area contributed by atoms with Gasteiger partial charge in [-0.2, -0.15) is 0 Å². The van der Waals surface area contributed by atoms with E-state index in [1.165, 1.54) is 0 Å². The SMILES string of the molecule is COc1cccc(Cn2nnc3cc(C(=O)Nc4cc(C)on4)ccc32)c1. The maximum absolute atomic E-state index is 12.4. The van der Waals surface area contributed by atoms with Crippen LogP contribution in [0, 0.1) is 6.92 Å². The molecule has 0 atom stereocenters. The first kappa shape index (κ1) is 16.8. The molecule has 0 aliphatic rings. The minimum absolute atomic E-state index is 0.285. The topological polar surface area (TPSA) is 95.1 Å². The predicted octanol–water partition coefficient (Wildman–Crippen LogP) is 3.04. The van der Waals surface area contributed by atoms with E-state index in [1.807, 2.05) is 30.3 Å². The van der Waals surface area contributed by atoms with Gasteiger partial charge in [-0.15, -0.1) is 5.10 Å². The molecular formula is C19H17N5O3. The first-order valence-corrected chi connectivity index (χ1v) is 8.33. The molecule has 0 bridgehead atoms. The van der Waals surface area contributed by atoms with Crippen LogP contribution in [0.1, 0.15) is 21.7 Å². The normalized spacial score (nSPS) is 10.9. The van der Waals surface area contributed by atoms with Crippen molar-refractivity contribution in [3.8, 4) is 5.75 Å². The summed E-state index contributed by atoms with van der Waals surface area (Å²) < 4.78 is 12.0. The predicted molar refractivity (Wildman–Crippen MR) is 98.8 cm³/mol. The Balaban J connectivity index is 1.56. The van der Waals surface area contributed by atoms with E-state index >= 15 is 0 Å². The van der Waals surface area contributed by atoms with E-state index in [0.29, 0.717) is 29.2 Å². The Labute approximate surface area is 154 Å². The number of rotatable bonds is 5. The third kappa shape index (κ3) is 3.50. The molecule has 2 aromatic heterocycles. The van der Waals surface area contributed by atoms with Gasteiger partial charge in [0.1, 0.15) is 17.0 Å². The molecule has 0 aliphatic carbocycles. The number of nitrogens with one attached hydrogen (secondary N) is 1. The lowest BCUT2D eigenvalue weighted by Gasteiger charge is -2.06. The Morgan fingerprint density at radius 3 is 2.89 bits per heavy atom. The van der Waals surface area contributed by atoms with Crippen LogP contribution in [0.25, 0.3) is 11.0 Å². The minimum atomic E-state index is -0.285. The molecule has 0 saturated heterocycles. The molecule has 8 heteroatoms. The lowest BCUT2D eigenvalue weighted by atomic mass is 10.1. The zero-order valence-electron chi connectivity index (χ0n) is 14.8. The number of benzene rings is 2. The highest BCUT2D eigenvalue weighted by Crippen LogP contribution is 2.18. The summed E-state index contributed by atoms with van der Waals surface area (Å²) in [5.74, 6) is 1.51. The van der Waals surface area contributed by atoms with E-state index in [0.717, 1.165) is 16.8 Å². The molecule has 4 rings (SSSR count). The van der Waals surface area contributed by atoms with Crippen LogP contribution >= 0.6 is 0 Å². The van der Waals surface area contributed by atoms with Crippen molar-refractivity contribution in [1.29, 1.82) is 0 Å². The molecule has 1 N–H and O–H groups in total. The van der Waals surface area contributed by atoms with Crippen LogP contribution < -0.4 is 10.1 Å². The van der Waals surface area contributed by atoms with Gasteiger partial charge in [-0.1, -0.05) is 22.5 Å². The summed E-state index contributed by atoms with van der Waals surface area (Å²) in [6, 6.07) is 14.7. The number of methoxy groups -OCH3 is 1. The average Bonchev–Trinajstić information content (AvgIpc) is 3.27. The third-order valence-corrected chi connectivity index (χ3v) is 4.11. The van der Waals surface area contributed by atoms with Crippen molar-refractivity contribution in [2.24, 2.45) is 0 Å². The molecule has 0 saturated carbocycles. The first-order chi connectivity index (χ1) is 13.1. The van der Waals surface area contributed by atoms with E-state index < -0.39 is 0 Å². The second-order valence-electron chi connectivity index (χ2n) is 6.08. The smallest absolute Gasteiger partial charge is 0.256 e. The Morgan fingerprint density at radius 2 is 2.11 bits per heavy atom. The summed E-state index contributed by atoms with van der Waals surface area (Å²) in [5, 5.41) is 14.8. The number of ether oxygens (including phenoxy) is 1. The molecular weight excluding hydrogens is 346 g/mol. The van der Waals surface area contributed by atoms with Gasteiger partial charge in [0.2, 0.25) is 0 Å². The van der Waals surface area contributed by atoms with Gasteiger partial charge in [-0.05, 0) is 42.8 Å². The summed E-state index contributed by atoms with van der Waals surface area (Å²) in [7, 11) is 1.64. The van der Waals surface area contributed by atoms with E-state index in [9.17, 15) is 4.79 Å². The fourth-order valence-electron chi connectivity index (χ4n) is 2.79. The molecule has 136 valence electrons. The van der Waals surface area contributed by atoms with Gasteiger partial charge in [-0.25, -0.2) is 4.68 Å². The van der Waals surface area contributed by atoms with Gasteiger partial charge in [0, 0.05) is 11.6 Å². The second-order valence-corrected chi connectivity index (χ2v) is 6.08. The van der Waals surface area contributed by atoms with Crippen LogP contribution in [-0.4, -0.2) is 33.2 Å². The van der Waals surface area contributed by atoms with Gasteiger partial charge >= 0.3 is 0 Å². The Hall–Kier alpha value is -3.68. The zero-order valence-corrected chi connectivity index (χ0v) is 14.8. The molecule has 8 nitrogen and oxygen atoms in total. The number of aryl methyl sites for hydroxylation is 1. The Morgan fingerprint density at radius 1 is 1.22 bits per heavy atom. The minimum Gasteiger partial charge on any atom is -0.497 e. The van der Waals surface area contributed by atoms with E-state index in [4.69, 9.17) is 9.26 Å². The Kier molecular flexibility index (Phi) is 4.29. The molecule has 27 heavy (non-hydrogen) atoms. The largest absolute Gasteiger partial charge is 0.497 e. The van der Waals surface area contributed by atoms with Crippen molar-refractivity contribution in [3.63, 3.8) is 0 Å². The van der Waals surface area contributed by atoms with Crippen molar-refractivity contribution in [2.75, 3.05) is 12.4 Å². The van der Waals surface area contributed by atoms with Crippen molar-refractivity contribution >= 4 is 22.8 Å². The van der Waals surface area contributed by atoms with E-state index in [1.54, 1.807) is 36.9 Å². The zero-order chi connectivity index (χ0) is 18.8. The van der Waals surface area contributed by atoms with Gasteiger partial charge in [0.15, 0.2) is 5.82 Å². The average molecular weight is 363 g/mol. The summed E-state index contributed by atoms with van der Waals surface area (Å²) >= 11 is 0. The van der Waals surface area contributed by atoms with Crippen molar-refractivity contribution in [2.45, 2.75) is 13.5 Å². The standard InChI is InChI=1S/C19H17N5O3/c1-12-8-18(22-27-12)20-19(25)14-6-7-17-16(10-14)21-23-24(17)11-13-4-3-5-15(9-13)26-2/h3-10H,11H2,1-2H3,(H,20,22,25). The molecule has 2 heterocycles. The fourth-order valence-corrected chi connectivity index (χ4v) is 2.79. The van der Waals surface area contributed by atoms with Crippen molar-refractivity contribution in [1.82, 2.24) is 20.2 Å². The molecule has 4 aromatic rings. The molecule has 0 spiro atoms. The maximum atomic E-state index is 12.4. The highest BCUT2D eigenvalue weighted by atomic mass is 16.5. The summed E-state index contributed by atoms with van der Waals surface area (Å²) in [5.41, 5.74) is 2.99. The van der Waals surface area contributed by atoms with Gasteiger partial charge in [-0.3, -0.25) is 4.79 Å². The number of aromatic nitrogens is 4. The molecule has 2 aromatic carbocycles. The van der Waals surface area contributed by atoms with E-state index in [-0.39, 0.29) is 5.91 Å². The number of carbonyl (C=O) groups excluding carboxylic acids is 1. The highest BCUT2D eigenvalue weighted by Gasteiger charge is 2.12. The number of hydrogen-bond donors (Lipinski definition) is 1. The summed E-state index contributed by atoms with van der Waals surface area (Å²) in [6.45, 7) is 2.31. The Bertz CT molecular complexity index is 1120. The summed E-state index contributed by atoms with van der Waals surface area (Å²) in [4.78, 5) is 12.4. The first-order valence-electron chi connectivity index (χ1n) is 8.33. The number of anilines is 1. The monoisotopic (exact) mass is 363 g/mol. The number of fused-ring (bicyclic) bond motifs is 1. The molecule has 0 radical (unpaired) electrons. The lowest BCUT2D eigenvalue weighted by molar-refractivity contribution is 0.102. The van der Waals surface area contributed by atoms with Gasteiger partial charge in [0.25, 0.3) is 5.91 Å². The third-order valence-electron chi connectivity index (χ3n) is 4.11. The summed E-state index contributed by atoms with van der Waals surface area (Å²) in [6.07, 6.45) is 0. The van der Waals surface area contributed by atoms with Crippen LogP contribution in [0.4, 0.5) is 5.82 Å². The maximum Gasteiger partial charge on any atom is 0.256 e. The van der Waals surface area contributed by atoms with Crippen molar-refractivity contribution < 1.29 is 14.1 Å². The lowest BCUT2D eigenvalue weighted by Crippen LogP contribution is -2.12. The molecule has 0 unspecified atom stereocenters. The molecule has 0 aliphatic heterocycles. The highest BCUT2D eigenvalue weighted by molar-refractivity contribution is 6.05. The van der Waals surface area contributed by atoms with E-state index in [2.05, 4.69) is 20.8 Å². The molecule has 0 fully saturated rings. The van der Waals surface area contributed by atoms with Gasteiger partial charge in [0.05, 0.1) is 19.2 Å².